The van der Waals surface area contributed by atoms with Gasteiger partial charge < -0.3 is 14.2 Å². The first kappa shape index (κ1) is 20.1. The van der Waals surface area contributed by atoms with Crippen molar-refractivity contribution in [2.24, 2.45) is 0 Å². The summed E-state index contributed by atoms with van der Waals surface area (Å²) in [6.07, 6.45) is 0.0929. The predicted molar refractivity (Wildman–Crippen MR) is 80.0 cm³/mol. The zero-order valence-corrected chi connectivity index (χ0v) is 14.0. The van der Waals surface area contributed by atoms with Crippen molar-refractivity contribution in [1.82, 2.24) is 0 Å². The predicted octanol–water partition coefficient (Wildman–Crippen LogP) is 3.18. The van der Waals surface area contributed by atoms with Gasteiger partial charge in [-0.05, 0) is 21.9 Å². The number of ether oxygens (including phenoxy) is 3. The highest BCUT2D eigenvalue weighted by Gasteiger charge is 2.48. The lowest BCUT2D eigenvalue weighted by Crippen LogP contribution is -2.59. The standard InChI is InChI=1S/C14H26F2O5S/c1-3-5-7-17-11-10(9-19-15)20-14(22)13(12(11)21-16)18-8-6-4-2/h10-14,22H,3-9H2,1-2H3. The van der Waals surface area contributed by atoms with E-state index >= 15 is 0 Å². The van der Waals surface area contributed by atoms with Crippen molar-refractivity contribution in [2.75, 3.05) is 19.8 Å². The van der Waals surface area contributed by atoms with Crippen LogP contribution in [0.3, 0.4) is 0 Å². The van der Waals surface area contributed by atoms with E-state index in [1.165, 1.54) is 0 Å². The van der Waals surface area contributed by atoms with Crippen LogP contribution in [0.4, 0.5) is 9.05 Å². The molecule has 5 atom stereocenters. The van der Waals surface area contributed by atoms with Crippen LogP contribution in [0.2, 0.25) is 0 Å². The zero-order valence-electron chi connectivity index (χ0n) is 13.1. The van der Waals surface area contributed by atoms with Crippen molar-refractivity contribution in [3.63, 3.8) is 0 Å². The van der Waals surface area contributed by atoms with Crippen molar-refractivity contribution in [2.45, 2.75) is 69.4 Å². The molecular formula is C14H26F2O5S. The average Bonchev–Trinajstić information content (AvgIpc) is 2.51. The minimum atomic E-state index is -1.04. The van der Waals surface area contributed by atoms with Crippen LogP contribution in [-0.4, -0.2) is 49.7 Å². The third-order valence-electron chi connectivity index (χ3n) is 3.56. The number of rotatable bonds is 11. The summed E-state index contributed by atoms with van der Waals surface area (Å²) in [5.74, 6) is 0. The second kappa shape index (κ2) is 11.5. The molecule has 0 N–H and O–H groups in total. The molecule has 0 amide bonds. The molecule has 0 bridgehead atoms. The lowest BCUT2D eigenvalue weighted by Gasteiger charge is -2.42. The first-order valence-electron chi connectivity index (χ1n) is 7.77. The molecule has 5 unspecified atom stereocenters. The van der Waals surface area contributed by atoms with Crippen molar-refractivity contribution in [3.05, 3.63) is 0 Å². The minimum Gasteiger partial charge on any atom is -0.372 e. The molecule has 1 heterocycles. The summed E-state index contributed by atoms with van der Waals surface area (Å²) in [5, 5.41) is 0. The van der Waals surface area contributed by atoms with E-state index in [1.807, 2.05) is 13.8 Å². The summed E-state index contributed by atoms with van der Waals surface area (Å²) in [6, 6.07) is 0. The number of hydrogen-bond donors (Lipinski definition) is 1. The van der Waals surface area contributed by atoms with Gasteiger partial charge in [0.05, 0.1) is 0 Å². The first-order chi connectivity index (χ1) is 10.7. The van der Waals surface area contributed by atoms with Crippen LogP contribution >= 0.6 is 12.6 Å². The molecule has 5 nitrogen and oxygen atoms in total. The maximum atomic E-state index is 13.1. The molecule has 1 rings (SSSR count). The Morgan fingerprint density at radius 3 is 2.05 bits per heavy atom. The Morgan fingerprint density at radius 2 is 1.55 bits per heavy atom. The van der Waals surface area contributed by atoms with Gasteiger partial charge in [0.2, 0.25) is 0 Å². The lowest BCUT2D eigenvalue weighted by atomic mass is 9.99. The largest absolute Gasteiger partial charge is 0.372 e. The van der Waals surface area contributed by atoms with Crippen LogP contribution in [0.1, 0.15) is 39.5 Å². The van der Waals surface area contributed by atoms with Gasteiger partial charge in [0.1, 0.15) is 30.4 Å². The smallest absolute Gasteiger partial charge is 0.156 e. The highest BCUT2D eigenvalue weighted by Crippen LogP contribution is 2.30. The molecule has 1 aliphatic rings. The van der Waals surface area contributed by atoms with Gasteiger partial charge in [-0.15, -0.1) is 12.6 Å². The summed E-state index contributed by atoms with van der Waals surface area (Å²) in [7, 11) is 0. The van der Waals surface area contributed by atoms with Crippen molar-refractivity contribution < 1.29 is 33.1 Å². The number of hydrogen-bond acceptors (Lipinski definition) is 6. The third kappa shape index (κ3) is 5.90. The van der Waals surface area contributed by atoms with E-state index in [1.54, 1.807) is 0 Å². The van der Waals surface area contributed by atoms with Crippen molar-refractivity contribution in [3.8, 4) is 0 Å². The monoisotopic (exact) mass is 344 g/mol. The Hall–Kier alpha value is 0.01000. The average molecular weight is 344 g/mol. The van der Waals surface area contributed by atoms with Crippen LogP contribution in [-0.2, 0) is 24.1 Å². The Balaban J connectivity index is 2.73. The van der Waals surface area contributed by atoms with E-state index in [9.17, 15) is 9.05 Å². The van der Waals surface area contributed by atoms with Gasteiger partial charge >= 0.3 is 0 Å². The SMILES string of the molecule is CCCCOC1C(S)OC(COF)C(OCCCC)C1OF. The van der Waals surface area contributed by atoms with Gasteiger partial charge in [-0.2, -0.15) is 9.88 Å². The lowest BCUT2D eigenvalue weighted by molar-refractivity contribution is -0.313. The molecule has 1 aliphatic heterocycles. The molecule has 22 heavy (non-hydrogen) atoms. The van der Waals surface area contributed by atoms with Crippen LogP contribution in [0.5, 0.6) is 0 Å². The Kier molecular flexibility index (Phi) is 10.5. The quantitative estimate of drug-likeness (QED) is 0.461. The molecule has 0 aromatic heterocycles. The molecule has 8 heteroatoms. The van der Waals surface area contributed by atoms with E-state index in [-0.39, 0.29) is 6.61 Å². The fourth-order valence-corrected chi connectivity index (χ4v) is 2.71. The fourth-order valence-electron chi connectivity index (χ4n) is 2.30. The normalized spacial score (nSPS) is 32.3. The van der Waals surface area contributed by atoms with Crippen molar-refractivity contribution >= 4 is 12.6 Å². The van der Waals surface area contributed by atoms with Gasteiger partial charge in [-0.25, -0.2) is 0 Å². The molecule has 0 aliphatic carbocycles. The molecule has 0 spiro atoms. The first-order valence-corrected chi connectivity index (χ1v) is 8.28. The number of thiol groups is 1. The molecule has 0 radical (unpaired) electrons. The van der Waals surface area contributed by atoms with E-state index in [0.29, 0.717) is 13.2 Å². The molecule has 0 aromatic rings. The van der Waals surface area contributed by atoms with Gasteiger partial charge in [0.25, 0.3) is 0 Å². The highest BCUT2D eigenvalue weighted by molar-refractivity contribution is 7.80. The summed E-state index contributed by atoms with van der Waals surface area (Å²) in [5.41, 5.74) is -0.746. The molecule has 1 fully saturated rings. The summed E-state index contributed by atoms with van der Waals surface area (Å²) >= 11 is 4.25. The molecule has 1 saturated heterocycles. The number of halogens is 2. The molecular weight excluding hydrogens is 318 g/mol. The van der Waals surface area contributed by atoms with Crippen LogP contribution in [0.15, 0.2) is 0 Å². The van der Waals surface area contributed by atoms with E-state index < -0.39 is 29.9 Å². The van der Waals surface area contributed by atoms with E-state index in [0.717, 1.165) is 25.7 Å². The summed E-state index contributed by atoms with van der Waals surface area (Å²) in [4.78, 5) is 7.70. The van der Waals surface area contributed by atoms with Crippen molar-refractivity contribution in [1.29, 1.82) is 0 Å². The second-order valence-electron chi connectivity index (χ2n) is 5.27. The van der Waals surface area contributed by atoms with E-state index in [4.69, 9.17) is 14.2 Å². The molecule has 0 aromatic carbocycles. The van der Waals surface area contributed by atoms with Crippen LogP contribution in [0, 0.1) is 0 Å². The topological polar surface area (TPSA) is 46.2 Å². The molecule has 132 valence electrons. The van der Waals surface area contributed by atoms with Crippen LogP contribution < -0.4 is 0 Å². The van der Waals surface area contributed by atoms with Gasteiger partial charge in [0, 0.05) is 13.2 Å². The van der Waals surface area contributed by atoms with Crippen LogP contribution in [0.25, 0.3) is 0 Å². The molecule has 0 saturated carbocycles. The zero-order chi connectivity index (χ0) is 16.4. The highest BCUT2D eigenvalue weighted by atomic mass is 32.1. The third-order valence-corrected chi connectivity index (χ3v) is 3.97. The van der Waals surface area contributed by atoms with Gasteiger partial charge in [-0.3, -0.25) is 0 Å². The van der Waals surface area contributed by atoms with Gasteiger partial charge in [0.15, 0.2) is 6.10 Å². The summed E-state index contributed by atoms with van der Waals surface area (Å²) < 4.78 is 42.1. The number of unbranched alkanes of at least 4 members (excludes halogenated alkanes) is 2. The Bertz CT molecular complexity index is 288. The van der Waals surface area contributed by atoms with Gasteiger partial charge in [-0.1, -0.05) is 26.7 Å². The second-order valence-corrected chi connectivity index (χ2v) is 5.78. The van der Waals surface area contributed by atoms with E-state index in [2.05, 4.69) is 22.5 Å². The minimum absolute atomic E-state index is 0.380. The maximum absolute atomic E-state index is 13.1. The Morgan fingerprint density at radius 1 is 0.955 bits per heavy atom. The summed E-state index contributed by atoms with van der Waals surface area (Å²) in [6.45, 7) is 4.48. The fraction of sp³-hybridized carbons (Fsp3) is 1.00. The maximum Gasteiger partial charge on any atom is 0.156 e. The Labute approximate surface area is 135 Å².